The molecule has 8 nitrogen and oxygen atoms in total. The minimum atomic E-state index is -0.696. The third-order valence-corrected chi connectivity index (χ3v) is 8.02. The monoisotopic (exact) mass is 572 g/mol. The summed E-state index contributed by atoms with van der Waals surface area (Å²) >= 11 is 0. The average Bonchev–Trinajstić information content (AvgIpc) is 3.45. The first-order valence-electron chi connectivity index (χ1n) is 14.8. The number of rotatable bonds is 10. The molecule has 1 aliphatic heterocycles. The van der Waals surface area contributed by atoms with Crippen LogP contribution in [-0.4, -0.2) is 66.0 Å². The summed E-state index contributed by atoms with van der Waals surface area (Å²) in [5, 5.41) is 8.10. The van der Waals surface area contributed by atoms with Gasteiger partial charge in [-0.15, -0.1) is 0 Å². The SMILES string of the molecule is CN[C@@H](C)C(=O)N[C@H](C(=O)N1CCC[C@H]1CN(Cc1cccc2ccccc12)C(=O)OCc1ccccc1)C(C)(C)C. The summed E-state index contributed by atoms with van der Waals surface area (Å²) in [6.07, 6.45) is 1.17. The lowest BCUT2D eigenvalue weighted by Gasteiger charge is -2.37. The number of ether oxygens (including phenoxy) is 1. The Bertz CT molecular complexity index is 1370. The number of hydrogen-bond donors (Lipinski definition) is 2. The maximum atomic E-state index is 14.0. The van der Waals surface area contributed by atoms with Crippen LogP contribution in [0.25, 0.3) is 10.8 Å². The number of nitrogens with zero attached hydrogens (tertiary/aromatic N) is 2. The average molecular weight is 573 g/mol. The minimum Gasteiger partial charge on any atom is -0.445 e. The second-order valence-corrected chi connectivity index (χ2v) is 12.2. The van der Waals surface area contributed by atoms with Gasteiger partial charge in [0.1, 0.15) is 12.6 Å². The summed E-state index contributed by atoms with van der Waals surface area (Å²) in [5.41, 5.74) is 1.43. The molecule has 0 bridgehead atoms. The Kier molecular flexibility index (Phi) is 10.2. The molecule has 1 saturated heterocycles. The normalized spacial score (nSPS) is 16.6. The Balaban J connectivity index is 1.57. The second kappa shape index (κ2) is 13.8. The van der Waals surface area contributed by atoms with Crippen LogP contribution in [0.2, 0.25) is 0 Å². The van der Waals surface area contributed by atoms with E-state index in [-0.39, 0.29) is 24.5 Å². The largest absolute Gasteiger partial charge is 0.445 e. The third-order valence-electron chi connectivity index (χ3n) is 8.02. The third kappa shape index (κ3) is 7.68. The van der Waals surface area contributed by atoms with Gasteiger partial charge in [0.15, 0.2) is 0 Å². The van der Waals surface area contributed by atoms with E-state index in [9.17, 15) is 14.4 Å². The molecule has 8 heteroatoms. The summed E-state index contributed by atoms with van der Waals surface area (Å²) < 4.78 is 5.79. The summed E-state index contributed by atoms with van der Waals surface area (Å²) in [7, 11) is 1.72. The molecule has 1 heterocycles. The van der Waals surface area contributed by atoms with Crippen molar-refractivity contribution in [3.05, 3.63) is 83.9 Å². The molecule has 0 unspecified atom stereocenters. The zero-order chi connectivity index (χ0) is 30.3. The zero-order valence-corrected chi connectivity index (χ0v) is 25.4. The van der Waals surface area contributed by atoms with Gasteiger partial charge in [-0.2, -0.15) is 0 Å². The van der Waals surface area contributed by atoms with Crippen molar-refractivity contribution < 1.29 is 19.1 Å². The maximum Gasteiger partial charge on any atom is 0.410 e. The first-order valence-corrected chi connectivity index (χ1v) is 14.8. The van der Waals surface area contributed by atoms with E-state index in [1.165, 1.54) is 0 Å². The van der Waals surface area contributed by atoms with Crippen molar-refractivity contribution in [1.82, 2.24) is 20.4 Å². The molecule has 0 aromatic heterocycles. The fourth-order valence-corrected chi connectivity index (χ4v) is 5.43. The van der Waals surface area contributed by atoms with Crippen LogP contribution in [0, 0.1) is 5.41 Å². The van der Waals surface area contributed by atoms with Crippen LogP contribution in [0.3, 0.4) is 0 Å². The predicted molar refractivity (Wildman–Crippen MR) is 166 cm³/mol. The van der Waals surface area contributed by atoms with Crippen molar-refractivity contribution in [2.75, 3.05) is 20.1 Å². The van der Waals surface area contributed by atoms with Crippen LogP contribution in [0.15, 0.2) is 72.8 Å². The lowest BCUT2D eigenvalue weighted by Crippen LogP contribution is -2.59. The molecule has 0 radical (unpaired) electrons. The number of carbonyl (C=O) groups is 3. The molecular formula is C34H44N4O4. The van der Waals surface area contributed by atoms with E-state index < -0.39 is 23.6 Å². The van der Waals surface area contributed by atoms with Crippen molar-refractivity contribution in [2.24, 2.45) is 5.41 Å². The van der Waals surface area contributed by atoms with E-state index in [0.717, 1.165) is 34.7 Å². The molecule has 2 N–H and O–H groups in total. The molecule has 0 saturated carbocycles. The van der Waals surface area contributed by atoms with Crippen LogP contribution >= 0.6 is 0 Å². The first kappa shape index (κ1) is 31.0. The Hall–Kier alpha value is -3.91. The van der Waals surface area contributed by atoms with Crippen molar-refractivity contribution in [3.8, 4) is 0 Å². The number of nitrogens with one attached hydrogen (secondary N) is 2. The molecule has 42 heavy (non-hydrogen) atoms. The van der Waals surface area contributed by atoms with Gasteiger partial charge >= 0.3 is 6.09 Å². The zero-order valence-electron chi connectivity index (χ0n) is 25.4. The highest BCUT2D eigenvalue weighted by Crippen LogP contribution is 2.28. The van der Waals surface area contributed by atoms with Crippen LogP contribution in [0.1, 0.15) is 51.7 Å². The number of amides is 3. The summed E-state index contributed by atoms with van der Waals surface area (Å²) in [6.45, 7) is 9.07. The van der Waals surface area contributed by atoms with E-state index in [4.69, 9.17) is 4.74 Å². The molecular weight excluding hydrogens is 528 g/mol. The van der Waals surface area contributed by atoms with Gasteiger partial charge in [-0.05, 0) is 54.1 Å². The quantitative estimate of drug-likeness (QED) is 0.353. The van der Waals surface area contributed by atoms with E-state index in [0.29, 0.717) is 19.6 Å². The van der Waals surface area contributed by atoms with E-state index in [1.807, 2.05) is 80.3 Å². The minimum absolute atomic E-state index is 0.121. The molecule has 3 atom stereocenters. The van der Waals surface area contributed by atoms with Crippen molar-refractivity contribution in [2.45, 2.75) is 71.8 Å². The van der Waals surface area contributed by atoms with Gasteiger partial charge in [0.2, 0.25) is 11.8 Å². The van der Waals surface area contributed by atoms with Gasteiger partial charge in [0.05, 0.1) is 6.04 Å². The van der Waals surface area contributed by atoms with Crippen LogP contribution in [0.5, 0.6) is 0 Å². The highest BCUT2D eigenvalue weighted by Gasteiger charge is 2.41. The fourth-order valence-electron chi connectivity index (χ4n) is 5.43. The topological polar surface area (TPSA) is 91.0 Å². The van der Waals surface area contributed by atoms with Gasteiger partial charge in [0.25, 0.3) is 0 Å². The Morgan fingerprint density at radius 2 is 1.69 bits per heavy atom. The lowest BCUT2D eigenvalue weighted by molar-refractivity contribution is -0.140. The molecule has 0 spiro atoms. The molecule has 224 valence electrons. The van der Waals surface area contributed by atoms with Crippen LogP contribution < -0.4 is 10.6 Å². The first-order chi connectivity index (χ1) is 20.1. The highest BCUT2D eigenvalue weighted by molar-refractivity contribution is 5.90. The lowest BCUT2D eigenvalue weighted by atomic mass is 9.85. The molecule has 1 fully saturated rings. The molecule has 1 aliphatic rings. The molecule has 0 aliphatic carbocycles. The Morgan fingerprint density at radius 1 is 1.00 bits per heavy atom. The molecule has 4 rings (SSSR count). The molecule has 3 amide bonds. The highest BCUT2D eigenvalue weighted by atomic mass is 16.6. The van der Waals surface area contributed by atoms with Crippen molar-refractivity contribution in [3.63, 3.8) is 0 Å². The number of likely N-dealkylation sites (tertiary alicyclic amines) is 1. The van der Waals surface area contributed by atoms with Gasteiger partial charge in [-0.1, -0.05) is 93.6 Å². The summed E-state index contributed by atoms with van der Waals surface area (Å²) in [6, 6.07) is 22.5. The van der Waals surface area contributed by atoms with Crippen LogP contribution in [-0.2, 0) is 27.5 Å². The Labute approximate surface area is 249 Å². The number of likely N-dealkylation sites (N-methyl/N-ethyl adjacent to an activating group) is 1. The second-order valence-electron chi connectivity index (χ2n) is 12.2. The predicted octanol–water partition coefficient (Wildman–Crippen LogP) is 5.11. The smallest absolute Gasteiger partial charge is 0.410 e. The van der Waals surface area contributed by atoms with E-state index in [2.05, 4.69) is 28.8 Å². The van der Waals surface area contributed by atoms with Gasteiger partial charge < -0.3 is 25.2 Å². The number of carbonyl (C=O) groups excluding carboxylic acids is 3. The molecule has 3 aromatic carbocycles. The Morgan fingerprint density at radius 3 is 2.40 bits per heavy atom. The van der Waals surface area contributed by atoms with Gasteiger partial charge in [-0.25, -0.2) is 4.79 Å². The van der Waals surface area contributed by atoms with Gasteiger partial charge in [0, 0.05) is 25.7 Å². The number of benzene rings is 3. The van der Waals surface area contributed by atoms with Crippen molar-refractivity contribution >= 4 is 28.7 Å². The number of hydrogen-bond acceptors (Lipinski definition) is 5. The maximum absolute atomic E-state index is 14.0. The standard InChI is InChI=1S/C34H44N4O4/c1-24(35-5)31(39)36-30(34(2,3)4)32(40)38-20-12-18-28(38)22-37(33(41)42-23-25-13-7-6-8-14-25)21-27-17-11-16-26-15-9-10-19-29(26)27/h6-11,13-17,19,24,28,30,35H,12,18,20-23H2,1-5H3,(H,36,39)/t24-,28-,30+/m0/s1. The fraction of sp³-hybridized carbons (Fsp3) is 0.441. The van der Waals surface area contributed by atoms with Crippen molar-refractivity contribution in [1.29, 1.82) is 0 Å². The van der Waals surface area contributed by atoms with E-state index >= 15 is 0 Å². The molecule has 3 aromatic rings. The van der Waals surface area contributed by atoms with E-state index in [1.54, 1.807) is 18.9 Å². The van der Waals surface area contributed by atoms with Gasteiger partial charge in [-0.3, -0.25) is 9.59 Å². The summed E-state index contributed by atoms with van der Waals surface area (Å²) in [4.78, 5) is 44.0. The number of fused-ring (bicyclic) bond motifs is 1. The van der Waals surface area contributed by atoms with Crippen LogP contribution in [0.4, 0.5) is 4.79 Å². The summed E-state index contributed by atoms with van der Waals surface area (Å²) in [5.74, 6) is -0.340.